The molecule has 5 rings (SSSR count). The molecule has 0 amide bonds. The number of anilines is 1. The molecule has 1 N–H and O–H groups in total. The SMILES string of the molecule is CC[C@H]1CN(C(C)c2ccc3nccnc3c2)[C@H](CC)CN1c1cc(=O)[nH]n2cc(CC#N)nc12. The minimum absolute atomic E-state index is 0.177. The Morgan fingerprint density at radius 1 is 1.11 bits per heavy atom. The van der Waals surface area contributed by atoms with Crippen molar-refractivity contribution >= 4 is 22.4 Å². The summed E-state index contributed by atoms with van der Waals surface area (Å²) in [7, 11) is 0. The van der Waals surface area contributed by atoms with E-state index in [1.165, 1.54) is 5.56 Å². The van der Waals surface area contributed by atoms with Crippen LogP contribution in [0.3, 0.4) is 0 Å². The summed E-state index contributed by atoms with van der Waals surface area (Å²) in [6.45, 7) is 8.34. The third kappa shape index (κ3) is 4.26. The molecule has 180 valence electrons. The van der Waals surface area contributed by atoms with Crippen molar-refractivity contribution in [1.82, 2.24) is 29.5 Å². The third-order valence-electron chi connectivity index (χ3n) is 7.21. The van der Waals surface area contributed by atoms with Crippen LogP contribution in [0.5, 0.6) is 0 Å². The van der Waals surface area contributed by atoms with E-state index in [9.17, 15) is 4.79 Å². The van der Waals surface area contributed by atoms with Crippen LogP contribution in [0.1, 0.15) is 50.9 Å². The minimum Gasteiger partial charge on any atom is -0.362 e. The number of hydrogen-bond acceptors (Lipinski definition) is 7. The molecule has 9 heteroatoms. The summed E-state index contributed by atoms with van der Waals surface area (Å²) in [5.41, 5.74) is 5.04. The van der Waals surface area contributed by atoms with Gasteiger partial charge in [-0.25, -0.2) is 9.50 Å². The van der Waals surface area contributed by atoms with Gasteiger partial charge in [0.2, 0.25) is 0 Å². The summed E-state index contributed by atoms with van der Waals surface area (Å²) in [5, 5.41) is 11.9. The first kappa shape index (κ1) is 23.0. The second kappa shape index (κ2) is 9.47. The predicted octanol–water partition coefficient (Wildman–Crippen LogP) is 3.47. The summed E-state index contributed by atoms with van der Waals surface area (Å²) in [6, 6.07) is 10.9. The number of aromatic amines is 1. The standard InChI is InChI=1S/C26H30N8O/c1-4-20-16-33(24-13-25(35)31-34-14-19(8-9-27)30-26(24)34)21(5-2)15-32(20)17(3)18-6-7-22-23(12-18)29-11-10-28-22/h6-7,10-14,17,20-21H,4-5,8,15-16H2,1-3H3,(H,31,35)/t17?,20-,21+/m1/s1. The van der Waals surface area contributed by atoms with Gasteiger partial charge in [0.25, 0.3) is 5.56 Å². The van der Waals surface area contributed by atoms with Gasteiger partial charge in [-0.05, 0) is 37.5 Å². The van der Waals surface area contributed by atoms with Gasteiger partial charge in [0.1, 0.15) is 0 Å². The first-order chi connectivity index (χ1) is 17.0. The Balaban J connectivity index is 1.49. The number of hydrogen-bond donors (Lipinski definition) is 1. The zero-order valence-electron chi connectivity index (χ0n) is 20.3. The fourth-order valence-electron chi connectivity index (χ4n) is 5.30. The molecule has 3 aromatic heterocycles. The van der Waals surface area contributed by atoms with Crippen LogP contribution >= 0.6 is 0 Å². The van der Waals surface area contributed by atoms with E-state index in [0.717, 1.165) is 42.7 Å². The van der Waals surface area contributed by atoms with Crippen LogP contribution in [-0.2, 0) is 6.42 Å². The second-order valence-electron chi connectivity index (χ2n) is 9.22. The molecule has 0 saturated carbocycles. The van der Waals surface area contributed by atoms with E-state index in [4.69, 9.17) is 5.26 Å². The van der Waals surface area contributed by atoms with Gasteiger partial charge in [-0.1, -0.05) is 19.9 Å². The molecule has 0 bridgehead atoms. The van der Waals surface area contributed by atoms with Gasteiger partial charge in [0.15, 0.2) is 5.65 Å². The Kier molecular flexibility index (Phi) is 6.22. The fraction of sp³-hybridized carbons (Fsp3) is 0.423. The minimum atomic E-state index is -0.177. The van der Waals surface area contributed by atoms with Gasteiger partial charge >= 0.3 is 0 Å². The van der Waals surface area contributed by atoms with Gasteiger partial charge in [-0.3, -0.25) is 24.8 Å². The molecular weight excluding hydrogens is 440 g/mol. The number of rotatable bonds is 6. The number of nitriles is 1. The summed E-state index contributed by atoms with van der Waals surface area (Å²) in [6.07, 6.45) is 7.32. The second-order valence-corrected chi connectivity index (χ2v) is 9.22. The number of piperazine rings is 1. The highest BCUT2D eigenvalue weighted by molar-refractivity contribution is 5.74. The number of aromatic nitrogens is 5. The first-order valence-corrected chi connectivity index (χ1v) is 12.2. The number of nitrogens with one attached hydrogen (secondary N) is 1. The Hall–Kier alpha value is -3.77. The molecule has 0 spiro atoms. The lowest BCUT2D eigenvalue weighted by Crippen LogP contribution is -2.58. The molecular formula is C26H30N8O. The van der Waals surface area contributed by atoms with Crippen molar-refractivity contribution in [3.63, 3.8) is 0 Å². The van der Waals surface area contributed by atoms with Crippen molar-refractivity contribution in [2.45, 2.75) is 58.2 Å². The molecule has 35 heavy (non-hydrogen) atoms. The van der Waals surface area contributed by atoms with Crippen molar-refractivity contribution < 1.29 is 0 Å². The topological polar surface area (TPSA) is 106 Å². The van der Waals surface area contributed by atoms with Crippen LogP contribution in [0.25, 0.3) is 16.7 Å². The quantitative estimate of drug-likeness (QED) is 0.460. The number of imidazole rings is 1. The van der Waals surface area contributed by atoms with Crippen LogP contribution < -0.4 is 10.5 Å². The van der Waals surface area contributed by atoms with Crippen LogP contribution in [-0.4, -0.2) is 54.6 Å². The lowest BCUT2D eigenvalue weighted by molar-refractivity contribution is 0.101. The van der Waals surface area contributed by atoms with E-state index in [-0.39, 0.29) is 24.1 Å². The summed E-state index contributed by atoms with van der Waals surface area (Å²) in [5.74, 6) is 0. The Morgan fingerprint density at radius 3 is 2.63 bits per heavy atom. The predicted molar refractivity (Wildman–Crippen MR) is 135 cm³/mol. The summed E-state index contributed by atoms with van der Waals surface area (Å²) < 4.78 is 1.66. The van der Waals surface area contributed by atoms with Gasteiger partial charge in [0, 0.05) is 49.7 Å². The van der Waals surface area contributed by atoms with Crippen LogP contribution in [0, 0.1) is 11.3 Å². The van der Waals surface area contributed by atoms with Crippen LogP contribution in [0.15, 0.2) is 47.7 Å². The van der Waals surface area contributed by atoms with Crippen LogP contribution in [0.2, 0.25) is 0 Å². The van der Waals surface area contributed by atoms with E-state index in [0.29, 0.717) is 17.4 Å². The molecule has 1 fully saturated rings. The Labute approximate surface area is 204 Å². The molecule has 1 aromatic carbocycles. The Bertz CT molecular complexity index is 1450. The molecule has 4 heterocycles. The maximum Gasteiger partial charge on any atom is 0.265 e. The van der Waals surface area contributed by atoms with Gasteiger partial charge in [-0.15, -0.1) is 0 Å². The summed E-state index contributed by atoms with van der Waals surface area (Å²) >= 11 is 0. The average Bonchev–Trinajstić information content (AvgIpc) is 3.29. The van der Waals surface area contributed by atoms with E-state index in [2.05, 4.69) is 68.8 Å². The average molecular weight is 471 g/mol. The molecule has 1 aliphatic rings. The maximum absolute atomic E-state index is 12.5. The monoisotopic (exact) mass is 470 g/mol. The Morgan fingerprint density at radius 2 is 1.89 bits per heavy atom. The van der Waals surface area contributed by atoms with Gasteiger partial charge in [0.05, 0.1) is 41.1 Å². The van der Waals surface area contributed by atoms with Crippen LogP contribution in [0.4, 0.5) is 5.69 Å². The van der Waals surface area contributed by atoms with E-state index in [1.807, 2.05) is 6.07 Å². The maximum atomic E-state index is 12.5. The normalized spacial score (nSPS) is 19.8. The van der Waals surface area contributed by atoms with E-state index >= 15 is 0 Å². The molecule has 4 aromatic rings. The molecule has 1 aliphatic heterocycles. The van der Waals surface area contributed by atoms with Crippen molar-refractivity contribution in [1.29, 1.82) is 5.26 Å². The zero-order valence-corrected chi connectivity index (χ0v) is 20.3. The lowest BCUT2D eigenvalue weighted by Gasteiger charge is -2.49. The third-order valence-corrected chi connectivity index (χ3v) is 7.21. The van der Waals surface area contributed by atoms with Crippen molar-refractivity contribution in [3.8, 4) is 6.07 Å². The highest BCUT2D eigenvalue weighted by atomic mass is 16.1. The van der Waals surface area contributed by atoms with E-state index < -0.39 is 0 Å². The number of benzene rings is 1. The van der Waals surface area contributed by atoms with Gasteiger partial charge in [-0.2, -0.15) is 5.26 Å². The molecule has 0 aliphatic carbocycles. The molecule has 3 atom stereocenters. The smallest absolute Gasteiger partial charge is 0.265 e. The van der Waals surface area contributed by atoms with Crippen molar-refractivity contribution in [2.24, 2.45) is 0 Å². The summed E-state index contributed by atoms with van der Waals surface area (Å²) in [4.78, 5) is 31.0. The molecule has 9 nitrogen and oxygen atoms in total. The van der Waals surface area contributed by atoms with Gasteiger partial charge < -0.3 is 4.90 Å². The number of H-pyrrole nitrogens is 1. The highest BCUT2D eigenvalue weighted by Crippen LogP contribution is 2.33. The van der Waals surface area contributed by atoms with Crippen molar-refractivity contribution in [2.75, 3.05) is 18.0 Å². The van der Waals surface area contributed by atoms with E-state index in [1.54, 1.807) is 29.2 Å². The first-order valence-electron chi connectivity index (χ1n) is 12.2. The number of fused-ring (bicyclic) bond motifs is 2. The molecule has 1 unspecified atom stereocenters. The molecule has 1 saturated heterocycles. The zero-order chi connectivity index (χ0) is 24.5. The largest absolute Gasteiger partial charge is 0.362 e. The highest BCUT2D eigenvalue weighted by Gasteiger charge is 2.36. The van der Waals surface area contributed by atoms with Crippen molar-refractivity contribution in [3.05, 3.63) is 64.5 Å². The fourth-order valence-corrected chi connectivity index (χ4v) is 5.30. The number of nitrogens with zero attached hydrogens (tertiary/aromatic N) is 7. The lowest BCUT2D eigenvalue weighted by atomic mass is 9.96. The molecule has 0 radical (unpaired) electrons.